The maximum atomic E-state index is 6.93. The first kappa shape index (κ1) is 28.7. The zero-order valence-corrected chi connectivity index (χ0v) is 27.1. The molecule has 0 saturated heterocycles. The number of hydrogen-bond acceptors (Lipinski definition) is 2. The molecule has 0 N–H and O–H groups in total. The van der Waals surface area contributed by atoms with Gasteiger partial charge in [-0.25, -0.2) is 0 Å². The summed E-state index contributed by atoms with van der Waals surface area (Å²) in [5.41, 5.74) is 1.75. The predicted octanol–water partition coefficient (Wildman–Crippen LogP) is 8.78. The molecule has 1 aromatic heterocycles. The Kier molecular flexibility index (Phi) is 8.08. The topological polar surface area (TPSA) is 26.3 Å². The van der Waals surface area contributed by atoms with E-state index in [0.29, 0.717) is 0 Å². The van der Waals surface area contributed by atoms with Crippen molar-refractivity contribution in [3.8, 4) is 0 Å². The van der Waals surface area contributed by atoms with E-state index in [1.807, 2.05) is 0 Å². The Morgan fingerprint density at radius 2 is 0.826 bits per heavy atom. The van der Waals surface area contributed by atoms with Crippen molar-refractivity contribution in [3.05, 3.63) is 175 Å². The van der Waals surface area contributed by atoms with E-state index in [2.05, 4.69) is 170 Å². The molecule has 1 heterocycles. The second-order valence-corrected chi connectivity index (χ2v) is 15.6. The van der Waals surface area contributed by atoms with Gasteiger partial charge in [-0.3, -0.25) is 0 Å². The summed E-state index contributed by atoms with van der Waals surface area (Å²) < 4.78 is 13.8. The van der Waals surface area contributed by atoms with Gasteiger partial charge in [-0.1, -0.05) is 152 Å². The van der Waals surface area contributed by atoms with Crippen LogP contribution in [0, 0.1) is 0 Å². The van der Waals surface area contributed by atoms with Crippen LogP contribution >= 0.6 is 15.8 Å². The molecule has 0 fully saturated rings. The number of rotatable bonds is 6. The second-order valence-electron chi connectivity index (χ2n) is 11.2. The molecule has 0 atom stereocenters. The minimum Gasteiger partial charge on any atom is -0.457 e. The van der Waals surface area contributed by atoms with E-state index in [1.165, 1.54) is 31.8 Å². The lowest BCUT2D eigenvalue weighted by Gasteiger charge is -2.24. The number of aryl methyl sites for hydroxylation is 1. The molecule has 0 amide bonds. The van der Waals surface area contributed by atoms with Crippen molar-refractivity contribution >= 4 is 75.7 Å². The summed E-state index contributed by atoms with van der Waals surface area (Å²) in [7, 11) is -1.85. The number of allylic oxidation sites excluding steroid dienone is 1. The summed E-state index contributed by atoms with van der Waals surface area (Å²) in [6, 6.07) is 56.9. The molecule has 46 heavy (non-hydrogen) atoms. The van der Waals surface area contributed by atoms with Gasteiger partial charge in [0.15, 0.2) is 5.76 Å². The highest BCUT2D eigenvalue weighted by molar-refractivity contribution is 7.81. The van der Waals surface area contributed by atoms with Crippen LogP contribution in [0.3, 0.4) is 0 Å². The monoisotopic (exact) mass is 630 g/mol. The number of hydrogen-bond donors (Lipinski definition) is 0. The van der Waals surface area contributed by atoms with Crippen LogP contribution in [0.5, 0.6) is 0 Å². The van der Waals surface area contributed by atoms with Gasteiger partial charge in [0, 0.05) is 17.2 Å². The van der Waals surface area contributed by atoms with Gasteiger partial charge in [-0.05, 0) is 72.3 Å². The molecule has 0 saturated carbocycles. The Morgan fingerprint density at radius 3 is 1.26 bits per heavy atom. The molecule has 8 rings (SSSR count). The fourth-order valence-corrected chi connectivity index (χ4v) is 11.3. The van der Waals surface area contributed by atoms with Crippen LogP contribution in [0.2, 0.25) is 0 Å². The van der Waals surface area contributed by atoms with Gasteiger partial charge in [-0.15, -0.1) is 0 Å². The fourth-order valence-electron chi connectivity index (χ4n) is 6.31. The van der Waals surface area contributed by atoms with Crippen molar-refractivity contribution in [2.45, 2.75) is 12.8 Å². The van der Waals surface area contributed by atoms with Crippen molar-refractivity contribution in [1.29, 1.82) is 0 Å². The summed E-state index contributed by atoms with van der Waals surface area (Å²) in [5.74, 6) is 1.67. The molecule has 0 aliphatic heterocycles. The molecular weight excluding hydrogens is 598 g/mol. The van der Waals surface area contributed by atoms with E-state index in [-0.39, 0.29) is 0 Å². The zero-order valence-electron chi connectivity index (χ0n) is 25.3. The largest absolute Gasteiger partial charge is 0.457 e. The number of fused-ring (bicyclic) bond motifs is 4. The fraction of sp³-hybridized carbons (Fsp3) is 0.0476. The lowest BCUT2D eigenvalue weighted by Crippen LogP contribution is -2.24. The Morgan fingerprint density at radius 1 is 0.413 bits per heavy atom. The second kappa shape index (κ2) is 12.9. The Bertz CT molecular complexity index is 2120. The Hall–Kier alpha value is -4.74. The minimum atomic E-state index is -0.927. The normalized spacial score (nSPS) is 12.5. The van der Waals surface area contributed by atoms with Crippen LogP contribution in [0.25, 0.3) is 28.0 Å². The molecule has 2 nitrogen and oxygen atoms in total. The van der Waals surface area contributed by atoms with E-state index in [9.17, 15) is 0 Å². The average Bonchev–Trinajstić information content (AvgIpc) is 3.11. The maximum Gasteiger partial charge on any atom is 0.165 e. The summed E-state index contributed by atoms with van der Waals surface area (Å²) in [5, 5.41) is 9.93. The highest BCUT2D eigenvalue weighted by Crippen LogP contribution is 2.41. The molecule has 1 aliphatic carbocycles. The van der Waals surface area contributed by atoms with Crippen LogP contribution in [0.4, 0.5) is 0 Å². The summed E-state index contributed by atoms with van der Waals surface area (Å²) >= 11 is 0. The molecule has 0 spiro atoms. The van der Waals surface area contributed by atoms with Crippen LogP contribution in [-0.2, 0) is 6.42 Å². The van der Waals surface area contributed by atoms with E-state index in [0.717, 1.165) is 46.3 Å². The molecule has 7 aromatic rings. The van der Waals surface area contributed by atoms with Crippen molar-refractivity contribution in [1.82, 2.24) is 0 Å². The van der Waals surface area contributed by atoms with Crippen LogP contribution in [0.15, 0.2) is 173 Å². The van der Waals surface area contributed by atoms with Gasteiger partial charge < -0.3 is 8.83 Å². The van der Waals surface area contributed by atoms with Gasteiger partial charge in [0.1, 0.15) is 16.9 Å². The molecule has 6 aromatic carbocycles. The van der Waals surface area contributed by atoms with Gasteiger partial charge in [-0.2, -0.15) is 0 Å². The van der Waals surface area contributed by atoms with Gasteiger partial charge in [0.25, 0.3) is 0 Å². The lowest BCUT2D eigenvalue weighted by molar-refractivity contribution is 0.482. The molecule has 1 aliphatic rings. The molecule has 0 bridgehead atoms. The first-order chi connectivity index (χ1) is 22.8. The molecular formula is C42H32O2P2. The lowest BCUT2D eigenvalue weighted by atomic mass is 10.1. The van der Waals surface area contributed by atoms with Gasteiger partial charge in [0.2, 0.25) is 0 Å². The van der Waals surface area contributed by atoms with E-state index in [4.69, 9.17) is 8.83 Å². The van der Waals surface area contributed by atoms with E-state index < -0.39 is 15.8 Å². The Balaban J connectivity index is 1.56. The van der Waals surface area contributed by atoms with Crippen LogP contribution in [-0.4, -0.2) is 0 Å². The molecule has 4 heteroatoms. The SMILES string of the molecule is C1=Cc2oc3cccc(P(c4ccccc4)c4ccccc4)c3c3c(P(c4ccccc4)c4ccccc4)cccc3oc2CC1. The summed E-state index contributed by atoms with van der Waals surface area (Å²) in [6.07, 6.45) is 5.98. The minimum absolute atomic E-state index is 0.790. The van der Waals surface area contributed by atoms with Crippen LogP contribution < -0.4 is 31.8 Å². The molecule has 222 valence electrons. The third kappa shape index (κ3) is 5.50. The van der Waals surface area contributed by atoms with Gasteiger partial charge in [0.05, 0.1) is 0 Å². The summed E-state index contributed by atoms with van der Waals surface area (Å²) in [6.45, 7) is 0. The highest BCUT2D eigenvalue weighted by atomic mass is 31.1. The average molecular weight is 631 g/mol. The van der Waals surface area contributed by atoms with Crippen molar-refractivity contribution in [2.24, 2.45) is 0 Å². The maximum absolute atomic E-state index is 6.93. The molecule has 0 radical (unpaired) electrons. The van der Waals surface area contributed by atoms with Crippen molar-refractivity contribution in [3.63, 3.8) is 0 Å². The van der Waals surface area contributed by atoms with E-state index in [1.54, 1.807) is 0 Å². The van der Waals surface area contributed by atoms with Crippen molar-refractivity contribution < 1.29 is 8.83 Å². The standard InChI is InChI=1S/C42H32O2P2/c1-5-17-31(18-6-1)45(32-19-7-2-8-20-32)39-29-15-27-37-41(39)42-38(44-36-26-14-13-25-35(36)43-37)28-16-30-40(42)46(33-21-9-3-10-22-33)34-23-11-4-12-24-34/h1-13,15-25,27-30H,14,26H2. The van der Waals surface area contributed by atoms with Gasteiger partial charge >= 0.3 is 0 Å². The molecule has 0 unspecified atom stereocenters. The van der Waals surface area contributed by atoms with Crippen molar-refractivity contribution in [2.75, 3.05) is 0 Å². The van der Waals surface area contributed by atoms with Crippen LogP contribution in [0.1, 0.15) is 17.9 Å². The number of benzene rings is 6. The highest BCUT2D eigenvalue weighted by Gasteiger charge is 2.25. The predicted molar refractivity (Wildman–Crippen MR) is 198 cm³/mol. The third-order valence-electron chi connectivity index (χ3n) is 8.33. The quantitative estimate of drug-likeness (QED) is 0.172. The zero-order chi connectivity index (χ0) is 30.7. The van der Waals surface area contributed by atoms with E-state index >= 15 is 0 Å². The smallest absolute Gasteiger partial charge is 0.165 e. The summed E-state index contributed by atoms with van der Waals surface area (Å²) in [4.78, 5) is 0. The Labute approximate surface area is 271 Å². The first-order valence-corrected chi connectivity index (χ1v) is 18.4. The third-order valence-corrected chi connectivity index (χ3v) is 13.3. The first-order valence-electron chi connectivity index (χ1n) is 15.7.